The number of pyridine rings is 1. The molecule has 0 saturated heterocycles. The van der Waals surface area contributed by atoms with Gasteiger partial charge in [0.25, 0.3) is 11.5 Å². The average Bonchev–Trinajstić information content (AvgIpc) is 2.80. The standard InChI is InChI=1S/C25H24N4O3/c1-4-32-20-13-11-19(12-14-20)27-24(30)18-9-7-17(8-10-18)22-25(31)29(16(2)3)23-21(28-22)6-5-15-26-23/h5-16H,4H2,1-3H3,(H,27,30). The van der Waals surface area contributed by atoms with Crippen molar-refractivity contribution in [2.45, 2.75) is 26.8 Å². The summed E-state index contributed by atoms with van der Waals surface area (Å²) in [6.07, 6.45) is 1.65. The number of ether oxygens (including phenoxy) is 1. The number of fused-ring (bicyclic) bond motifs is 1. The molecule has 2 aromatic carbocycles. The molecule has 0 aliphatic rings. The van der Waals surface area contributed by atoms with Gasteiger partial charge in [0.15, 0.2) is 5.65 Å². The predicted molar refractivity (Wildman–Crippen MR) is 125 cm³/mol. The van der Waals surface area contributed by atoms with Crippen LogP contribution in [-0.2, 0) is 0 Å². The van der Waals surface area contributed by atoms with Gasteiger partial charge in [0.2, 0.25) is 0 Å². The molecule has 0 aliphatic carbocycles. The van der Waals surface area contributed by atoms with Crippen LogP contribution in [0.3, 0.4) is 0 Å². The molecule has 1 amide bonds. The highest BCUT2D eigenvalue weighted by atomic mass is 16.5. The summed E-state index contributed by atoms with van der Waals surface area (Å²) in [5.74, 6) is 0.510. The van der Waals surface area contributed by atoms with Crippen molar-refractivity contribution in [3.63, 3.8) is 0 Å². The van der Waals surface area contributed by atoms with Crippen LogP contribution in [-0.4, -0.2) is 27.0 Å². The number of anilines is 1. The van der Waals surface area contributed by atoms with Crippen molar-refractivity contribution in [3.05, 3.63) is 82.8 Å². The zero-order valence-corrected chi connectivity index (χ0v) is 18.2. The van der Waals surface area contributed by atoms with E-state index in [9.17, 15) is 9.59 Å². The first-order valence-electron chi connectivity index (χ1n) is 10.5. The van der Waals surface area contributed by atoms with Gasteiger partial charge in [-0.05, 0) is 69.3 Å². The molecular formula is C25H24N4O3. The maximum Gasteiger partial charge on any atom is 0.278 e. The average molecular weight is 428 g/mol. The number of amides is 1. The highest BCUT2D eigenvalue weighted by Crippen LogP contribution is 2.21. The predicted octanol–water partition coefficient (Wildman–Crippen LogP) is 4.69. The van der Waals surface area contributed by atoms with Crippen molar-refractivity contribution in [1.82, 2.24) is 14.5 Å². The van der Waals surface area contributed by atoms with E-state index in [1.807, 2.05) is 39.0 Å². The molecule has 7 heteroatoms. The molecule has 0 saturated carbocycles. The van der Waals surface area contributed by atoms with E-state index in [0.717, 1.165) is 5.75 Å². The van der Waals surface area contributed by atoms with Crippen LogP contribution in [0.4, 0.5) is 5.69 Å². The topological polar surface area (TPSA) is 86.1 Å². The number of benzene rings is 2. The molecular weight excluding hydrogens is 404 g/mol. The second-order valence-corrected chi connectivity index (χ2v) is 7.56. The van der Waals surface area contributed by atoms with Gasteiger partial charge in [0.05, 0.1) is 6.61 Å². The number of hydrogen-bond donors (Lipinski definition) is 1. The van der Waals surface area contributed by atoms with E-state index in [1.165, 1.54) is 0 Å². The Hall–Kier alpha value is -4.00. The molecule has 0 spiro atoms. The van der Waals surface area contributed by atoms with Gasteiger partial charge < -0.3 is 10.1 Å². The fraction of sp³-hybridized carbons (Fsp3) is 0.200. The Morgan fingerprint density at radius 2 is 1.78 bits per heavy atom. The lowest BCUT2D eigenvalue weighted by atomic mass is 10.1. The lowest BCUT2D eigenvalue weighted by molar-refractivity contribution is 0.102. The van der Waals surface area contributed by atoms with E-state index >= 15 is 0 Å². The first kappa shape index (κ1) is 21.2. The van der Waals surface area contributed by atoms with Gasteiger partial charge in [-0.3, -0.25) is 14.2 Å². The molecule has 0 bridgehead atoms. The third-order valence-electron chi connectivity index (χ3n) is 5.01. The first-order chi connectivity index (χ1) is 15.5. The van der Waals surface area contributed by atoms with E-state index in [1.54, 1.807) is 53.2 Å². The number of nitrogens with one attached hydrogen (secondary N) is 1. The Morgan fingerprint density at radius 1 is 1.06 bits per heavy atom. The second-order valence-electron chi connectivity index (χ2n) is 7.56. The Labute approximate surface area is 185 Å². The van der Waals surface area contributed by atoms with Gasteiger partial charge in [0.1, 0.15) is 17.0 Å². The van der Waals surface area contributed by atoms with E-state index in [0.29, 0.717) is 40.3 Å². The third-order valence-corrected chi connectivity index (χ3v) is 5.01. The SMILES string of the molecule is CCOc1ccc(NC(=O)c2ccc(-c3nc4cccnc4n(C(C)C)c3=O)cc2)cc1. The lowest BCUT2D eigenvalue weighted by Crippen LogP contribution is -2.25. The van der Waals surface area contributed by atoms with Crippen LogP contribution in [0.25, 0.3) is 22.4 Å². The van der Waals surface area contributed by atoms with Crippen molar-refractivity contribution in [1.29, 1.82) is 0 Å². The van der Waals surface area contributed by atoms with Crippen molar-refractivity contribution in [2.75, 3.05) is 11.9 Å². The zero-order valence-electron chi connectivity index (χ0n) is 18.2. The van der Waals surface area contributed by atoms with Gasteiger partial charge in [-0.15, -0.1) is 0 Å². The largest absolute Gasteiger partial charge is 0.494 e. The molecule has 2 heterocycles. The van der Waals surface area contributed by atoms with Crippen molar-refractivity contribution in [2.24, 2.45) is 0 Å². The molecule has 0 radical (unpaired) electrons. The Kier molecular flexibility index (Phi) is 5.98. The molecule has 0 atom stereocenters. The molecule has 0 fully saturated rings. The fourth-order valence-electron chi connectivity index (χ4n) is 3.49. The number of hydrogen-bond acceptors (Lipinski definition) is 5. The normalized spacial score (nSPS) is 11.0. The molecule has 4 aromatic rings. The summed E-state index contributed by atoms with van der Waals surface area (Å²) in [5, 5.41) is 2.86. The van der Waals surface area contributed by atoms with Gasteiger partial charge in [-0.2, -0.15) is 0 Å². The van der Waals surface area contributed by atoms with Crippen LogP contribution >= 0.6 is 0 Å². The molecule has 4 rings (SSSR count). The highest BCUT2D eigenvalue weighted by Gasteiger charge is 2.16. The highest BCUT2D eigenvalue weighted by molar-refractivity contribution is 6.04. The summed E-state index contributed by atoms with van der Waals surface area (Å²) in [6.45, 7) is 6.38. The summed E-state index contributed by atoms with van der Waals surface area (Å²) in [6, 6.07) is 17.6. The van der Waals surface area contributed by atoms with Gasteiger partial charge in [-0.25, -0.2) is 9.97 Å². The fourth-order valence-corrected chi connectivity index (χ4v) is 3.49. The molecule has 0 aliphatic heterocycles. The molecule has 32 heavy (non-hydrogen) atoms. The van der Waals surface area contributed by atoms with Gasteiger partial charge >= 0.3 is 0 Å². The second kappa shape index (κ2) is 9.01. The van der Waals surface area contributed by atoms with Crippen LogP contribution in [0.2, 0.25) is 0 Å². The number of nitrogens with zero attached hydrogens (tertiary/aromatic N) is 3. The van der Waals surface area contributed by atoms with Gasteiger partial charge in [-0.1, -0.05) is 12.1 Å². The summed E-state index contributed by atoms with van der Waals surface area (Å²) in [5.41, 5.74) is 3.12. The number of carbonyl (C=O) groups excluding carboxylic acids is 1. The number of aromatic nitrogens is 3. The van der Waals surface area contributed by atoms with E-state index < -0.39 is 0 Å². The minimum Gasteiger partial charge on any atom is -0.494 e. The number of rotatable bonds is 6. The summed E-state index contributed by atoms with van der Waals surface area (Å²) in [7, 11) is 0. The van der Waals surface area contributed by atoms with Crippen LogP contribution in [0.5, 0.6) is 5.75 Å². The van der Waals surface area contributed by atoms with E-state index in [2.05, 4.69) is 15.3 Å². The molecule has 2 aromatic heterocycles. The maximum atomic E-state index is 13.1. The lowest BCUT2D eigenvalue weighted by Gasteiger charge is -2.14. The quantitative estimate of drug-likeness (QED) is 0.481. The van der Waals surface area contributed by atoms with Crippen LogP contribution in [0.1, 0.15) is 37.2 Å². The van der Waals surface area contributed by atoms with Crippen molar-refractivity contribution >= 4 is 22.8 Å². The van der Waals surface area contributed by atoms with E-state index in [4.69, 9.17) is 4.74 Å². The third kappa shape index (κ3) is 4.23. The smallest absolute Gasteiger partial charge is 0.278 e. The monoisotopic (exact) mass is 428 g/mol. The van der Waals surface area contributed by atoms with Crippen molar-refractivity contribution in [3.8, 4) is 17.0 Å². The van der Waals surface area contributed by atoms with Gasteiger partial charge in [0, 0.05) is 29.1 Å². The maximum absolute atomic E-state index is 13.1. The molecule has 162 valence electrons. The number of carbonyl (C=O) groups is 1. The Balaban J connectivity index is 1.61. The zero-order chi connectivity index (χ0) is 22.7. The van der Waals surface area contributed by atoms with Crippen molar-refractivity contribution < 1.29 is 9.53 Å². The summed E-state index contributed by atoms with van der Waals surface area (Å²) >= 11 is 0. The minimum absolute atomic E-state index is 0.0687. The summed E-state index contributed by atoms with van der Waals surface area (Å²) < 4.78 is 7.06. The minimum atomic E-state index is -0.240. The molecule has 1 N–H and O–H groups in total. The summed E-state index contributed by atoms with van der Waals surface area (Å²) in [4.78, 5) is 34.6. The Morgan fingerprint density at radius 3 is 2.44 bits per heavy atom. The van der Waals surface area contributed by atoms with Crippen LogP contribution < -0.4 is 15.6 Å². The first-order valence-corrected chi connectivity index (χ1v) is 10.5. The van der Waals surface area contributed by atoms with Crippen LogP contribution in [0, 0.1) is 0 Å². The molecule has 0 unspecified atom stereocenters. The van der Waals surface area contributed by atoms with Crippen LogP contribution in [0.15, 0.2) is 71.7 Å². The molecule has 7 nitrogen and oxygen atoms in total. The Bertz CT molecular complexity index is 1310. The van der Waals surface area contributed by atoms with E-state index in [-0.39, 0.29) is 17.5 Å².